The molecule has 0 unspecified atom stereocenters. The van der Waals surface area contributed by atoms with Crippen LogP contribution in [0.1, 0.15) is 17.4 Å². The van der Waals surface area contributed by atoms with Crippen LogP contribution >= 0.6 is 0 Å². The molecule has 20 heavy (non-hydrogen) atoms. The summed E-state index contributed by atoms with van der Waals surface area (Å²) in [6.45, 7) is 0. The molecular formula is C14H13F3O3. The van der Waals surface area contributed by atoms with E-state index in [2.05, 4.69) is 0 Å². The molecule has 0 aliphatic heterocycles. The summed E-state index contributed by atoms with van der Waals surface area (Å²) >= 11 is 0. The second-order valence-electron chi connectivity index (χ2n) is 4.08. The molecule has 0 N–H and O–H groups in total. The minimum atomic E-state index is -4.51. The highest BCUT2D eigenvalue weighted by atomic mass is 19.4. The molecule has 0 saturated heterocycles. The summed E-state index contributed by atoms with van der Waals surface area (Å²) in [5.74, 6) is 0.369. The van der Waals surface area contributed by atoms with E-state index in [1.807, 2.05) is 0 Å². The molecule has 0 atom stereocenters. The largest absolute Gasteiger partial charge is 0.464 e. The van der Waals surface area contributed by atoms with Crippen molar-refractivity contribution in [2.75, 3.05) is 14.2 Å². The van der Waals surface area contributed by atoms with Crippen molar-refractivity contribution < 1.29 is 27.1 Å². The average molecular weight is 286 g/mol. The molecule has 0 spiro atoms. The molecule has 0 saturated carbocycles. The maximum absolute atomic E-state index is 13.2. The van der Waals surface area contributed by atoms with Crippen molar-refractivity contribution in [2.24, 2.45) is 0 Å². The van der Waals surface area contributed by atoms with Crippen LogP contribution in [0, 0.1) is 0 Å². The lowest BCUT2D eigenvalue weighted by Gasteiger charge is -2.19. The molecule has 2 aromatic rings. The molecule has 1 aromatic carbocycles. The van der Waals surface area contributed by atoms with E-state index in [1.54, 1.807) is 12.1 Å². The zero-order chi connectivity index (χ0) is 14.8. The van der Waals surface area contributed by atoms with Gasteiger partial charge in [0.15, 0.2) is 6.29 Å². The molecule has 6 heteroatoms. The number of alkyl halides is 3. The number of halogens is 3. The molecule has 0 aliphatic rings. The summed E-state index contributed by atoms with van der Waals surface area (Å²) < 4.78 is 54.4. The predicted octanol–water partition coefficient (Wildman–Crippen LogP) is 4.26. The Morgan fingerprint density at radius 2 is 1.80 bits per heavy atom. The van der Waals surface area contributed by atoms with E-state index in [1.165, 1.54) is 32.6 Å². The van der Waals surface area contributed by atoms with Gasteiger partial charge in [-0.15, -0.1) is 0 Å². The predicted molar refractivity (Wildman–Crippen MR) is 65.9 cm³/mol. The number of furan rings is 1. The van der Waals surface area contributed by atoms with Gasteiger partial charge in [0.1, 0.15) is 5.76 Å². The van der Waals surface area contributed by atoms with Crippen LogP contribution in [-0.4, -0.2) is 14.2 Å². The molecule has 2 rings (SSSR count). The SMILES string of the molecule is COC(OC)c1ccc(-c2ccco2)cc1C(F)(F)F. The molecule has 108 valence electrons. The summed E-state index contributed by atoms with van der Waals surface area (Å²) in [5, 5.41) is 0. The Bertz CT molecular complexity index is 558. The lowest BCUT2D eigenvalue weighted by Crippen LogP contribution is -2.14. The highest BCUT2D eigenvalue weighted by molar-refractivity contribution is 5.60. The number of rotatable bonds is 4. The van der Waals surface area contributed by atoms with Gasteiger partial charge < -0.3 is 13.9 Å². The minimum absolute atomic E-state index is 0.0715. The van der Waals surface area contributed by atoms with Crippen LogP contribution < -0.4 is 0 Å². The van der Waals surface area contributed by atoms with E-state index < -0.39 is 18.0 Å². The summed E-state index contributed by atoms with van der Waals surface area (Å²) in [6.07, 6.45) is -4.17. The zero-order valence-electron chi connectivity index (χ0n) is 10.9. The zero-order valence-corrected chi connectivity index (χ0v) is 10.9. The normalized spacial score (nSPS) is 12.1. The number of benzene rings is 1. The number of methoxy groups -OCH3 is 2. The van der Waals surface area contributed by atoms with Crippen molar-refractivity contribution in [2.45, 2.75) is 12.5 Å². The molecule has 1 heterocycles. The molecule has 1 aromatic heterocycles. The van der Waals surface area contributed by atoms with E-state index in [0.717, 1.165) is 6.07 Å². The van der Waals surface area contributed by atoms with Gasteiger partial charge in [-0.3, -0.25) is 0 Å². The van der Waals surface area contributed by atoms with Crippen molar-refractivity contribution in [1.29, 1.82) is 0 Å². The van der Waals surface area contributed by atoms with Crippen LogP contribution in [0.15, 0.2) is 41.0 Å². The Kier molecular flexibility index (Phi) is 4.15. The number of hydrogen-bond acceptors (Lipinski definition) is 3. The van der Waals surface area contributed by atoms with Gasteiger partial charge in [-0.2, -0.15) is 13.2 Å². The maximum atomic E-state index is 13.2. The van der Waals surface area contributed by atoms with Crippen molar-refractivity contribution in [3.8, 4) is 11.3 Å². The van der Waals surface area contributed by atoms with Gasteiger partial charge in [-0.1, -0.05) is 12.1 Å². The van der Waals surface area contributed by atoms with Gasteiger partial charge in [0.25, 0.3) is 0 Å². The maximum Gasteiger partial charge on any atom is 0.416 e. The lowest BCUT2D eigenvalue weighted by atomic mass is 10.0. The van der Waals surface area contributed by atoms with E-state index >= 15 is 0 Å². The first-order chi connectivity index (χ1) is 9.47. The van der Waals surface area contributed by atoms with Gasteiger partial charge in [-0.05, 0) is 18.2 Å². The number of ether oxygens (including phenoxy) is 2. The average Bonchev–Trinajstić information content (AvgIpc) is 2.93. The minimum Gasteiger partial charge on any atom is -0.464 e. The molecule has 0 fully saturated rings. The number of hydrogen-bond donors (Lipinski definition) is 0. The van der Waals surface area contributed by atoms with Gasteiger partial charge in [-0.25, -0.2) is 0 Å². The summed E-state index contributed by atoms with van der Waals surface area (Å²) in [5.41, 5.74) is -0.532. The standard InChI is InChI=1S/C14H13F3O3/c1-18-13(19-2)10-6-5-9(12-4-3-7-20-12)8-11(10)14(15,16)17/h3-8,13H,1-2H3. The quantitative estimate of drug-likeness (QED) is 0.787. The third kappa shape index (κ3) is 2.86. The first-order valence-electron chi connectivity index (χ1n) is 5.78. The molecule has 3 nitrogen and oxygen atoms in total. The van der Waals surface area contributed by atoms with Crippen molar-refractivity contribution in [3.05, 3.63) is 47.7 Å². The molecule has 0 amide bonds. The third-order valence-electron chi connectivity index (χ3n) is 2.85. The molecule has 0 radical (unpaired) electrons. The van der Waals surface area contributed by atoms with Crippen LogP contribution in [0.4, 0.5) is 13.2 Å². The Balaban J connectivity index is 2.54. The van der Waals surface area contributed by atoms with Gasteiger partial charge in [0.05, 0.1) is 11.8 Å². The fourth-order valence-corrected chi connectivity index (χ4v) is 1.95. The fourth-order valence-electron chi connectivity index (χ4n) is 1.95. The van der Waals surface area contributed by atoms with Crippen LogP contribution in [-0.2, 0) is 15.7 Å². The first kappa shape index (κ1) is 14.6. The van der Waals surface area contributed by atoms with E-state index in [4.69, 9.17) is 13.9 Å². The fraction of sp³-hybridized carbons (Fsp3) is 0.286. The topological polar surface area (TPSA) is 31.6 Å². The monoisotopic (exact) mass is 286 g/mol. The lowest BCUT2D eigenvalue weighted by molar-refractivity contribution is -0.147. The second kappa shape index (κ2) is 5.68. The van der Waals surface area contributed by atoms with E-state index in [9.17, 15) is 13.2 Å². The smallest absolute Gasteiger partial charge is 0.416 e. The van der Waals surface area contributed by atoms with Crippen molar-refractivity contribution in [1.82, 2.24) is 0 Å². The van der Waals surface area contributed by atoms with Gasteiger partial charge in [0, 0.05) is 25.3 Å². The van der Waals surface area contributed by atoms with Gasteiger partial charge in [0.2, 0.25) is 0 Å². The Morgan fingerprint density at radius 3 is 2.30 bits per heavy atom. The van der Waals surface area contributed by atoms with Crippen molar-refractivity contribution >= 4 is 0 Å². The highest BCUT2D eigenvalue weighted by Gasteiger charge is 2.36. The van der Waals surface area contributed by atoms with Crippen LogP contribution in [0.5, 0.6) is 0 Å². The first-order valence-corrected chi connectivity index (χ1v) is 5.78. The van der Waals surface area contributed by atoms with Crippen molar-refractivity contribution in [3.63, 3.8) is 0 Å². The second-order valence-corrected chi connectivity index (χ2v) is 4.08. The highest BCUT2D eigenvalue weighted by Crippen LogP contribution is 2.38. The summed E-state index contributed by atoms with van der Waals surface area (Å²) in [7, 11) is 2.57. The van der Waals surface area contributed by atoms with E-state index in [-0.39, 0.29) is 5.56 Å². The van der Waals surface area contributed by atoms with E-state index in [0.29, 0.717) is 11.3 Å². The molecule has 0 aliphatic carbocycles. The Hall–Kier alpha value is -1.79. The van der Waals surface area contributed by atoms with Gasteiger partial charge >= 0.3 is 6.18 Å². The summed E-state index contributed by atoms with van der Waals surface area (Å²) in [4.78, 5) is 0. The Labute approximate surface area is 113 Å². The Morgan fingerprint density at radius 1 is 1.10 bits per heavy atom. The molecular weight excluding hydrogens is 273 g/mol. The van der Waals surface area contributed by atoms with Crippen LogP contribution in [0.2, 0.25) is 0 Å². The third-order valence-corrected chi connectivity index (χ3v) is 2.85. The summed E-state index contributed by atoms with van der Waals surface area (Å²) in [6, 6.07) is 7.11. The molecule has 0 bridgehead atoms. The van der Waals surface area contributed by atoms with Crippen LogP contribution in [0.3, 0.4) is 0 Å². The van der Waals surface area contributed by atoms with Crippen LogP contribution in [0.25, 0.3) is 11.3 Å².